The van der Waals surface area contributed by atoms with Crippen LogP contribution in [0.4, 0.5) is 0 Å². The largest absolute Gasteiger partial charge is 0.478 e. The minimum absolute atomic E-state index is 0.204. The van der Waals surface area contributed by atoms with E-state index < -0.39 is 11.9 Å². The Hall–Kier alpha value is -1.85. The summed E-state index contributed by atoms with van der Waals surface area (Å²) in [4.78, 5) is 29.2. The molecule has 1 rings (SSSR count). The predicted molar refractivity (Wildman–Crippen MR) is 46.7 cm³/mol. The number of carbonyl (C=O) groups is 3. The Bertz CT molecular complexity index is 234. The minimum atomic E-state index is -1.26. The molecule has 0 atom stereocenters. The fourth-order valence-corrected chi connectivity index (χ4v) is 0.708. The molecule has 1 heterocycles. The standard InChI is InChI=1S/C4H7NO.C4H4O4/c6-4-2-1-3-5-4;5-3(6)1-2-4(7)8/h1-3H2,(H,5,6);1-2H,(H,5,6)(H,7,8)/b;2-1-. The first kappa shape index (κ1) is 12.2. The van der Waals surface area contributed by atoms with Gasteiger partial charge in [0, 0.05) is 25.1 Å². The van der Waals surface area contributed by atoms with E-state index in [1.165, 1.54) is 0 Å². The lowest BCUT2D eigenvalue weighted by Gasteiger charge is -1.80. The summed E-state index contributed by atoms with van der Waals surface area (Å²) in [7, 11) is 0. The molecule has 0 bridgehead atoms. The normalized spacial score (nSPS) is 14.4. The highest BCUT2D eigenvalue weighted by atomic mass is 16.4. The Kier molecular flexibility index (Phi) is 5.77. The van der Waals surface area contributed by atoms with Crippen LogP contribution in [0.15, 0.2) is 12.2 Å². The molecule has 0 aromatic heterocycles. The van der Waals surface area contributed by atoms with Gasteiger partial charge in [-0.05, 0) is 6.42 Å². The number of nitrogens with one attached hydrogen (secondary N) is 1. The van der Waals surface area contributed by atoms with Crippen molar-refractivity contribution in [2.75, 3.05) is 6.54 Å². The van der Waals surface area contributed by atoms with Gasteiger partial charge in [-0.1, -0.05) is 0 Å². The van der Waals surface area contributed by atoms with E-state index in [1.807, 2.05) is 0 Å². The molecule has 1 aliphatic heterocycles. The number of amides is 1. The smallest absolute Gasteiger partial charge is 0.328 e. The molecule has 1 fully saturated rings. The average molecular weight is 201 g/mol. The van der Waals surface area contributed by atoms with Crippen LogP contribution in [0.2, 0.25) is 0 Å². The lowest BCUT2D eigenvalue weighted by molar-refractivity contribution is -0.134. The zero-order chi connectivity index (χ0) is 11.0. The SMILES string of the molecule is O=C(O)/C=C\C(=O)O.O=C1CCCN1. The third-order valence-electron chi connectivity index (χ3n) is 1.27. The van der Waals surface area contributed by atoms with E-state index >= 15 is 0 Å². The highest BCUT2D eigenvalue weighted by molar-refractivity contribution is 5.89. The van der Waals surface area contributed by atoms with Gasteiger partial charge in [0.1, 0.15) is 0 Å². The van der Waals surface area contributed by atoms with E-state index in [9.17, 15) is 14.4 Å². The number of hydrogen-bond donors (Lipinski definition) is 3. The fraction of sp³-hybridized carbons (Fsp3) is 0.375. The van der Waals surface area contributed by atoms with E-state index in [-0.39, 0.29) is 5.91 Å². The van der Waals surface area contributed by atoms with Gasteiger partial charge >= 0.3 is 11.9 Å². The van der Waals surface area contributed by atoms with Gasteiger partial charge in [-0.3, -0.25) is 4.79 Å². The number of aliphatic carboxylic acids is 2. The van der Waals surface area contributed by atoms with Crippen molar-refractivity contribution in [1.29, 1.82) is 0 Å². The van der Waals surface area contributed by atoms with Crippen LogP contribution in [0.1, 0.15) is 12.8 Å². The lowest BCUT2D eigenvalue weighted by Crippen LogP contribution is -2.12. The van der Waals surface area contributed by atoms with Crippen molar-refractivity contribution >= 4 is 17.8 Å². The zero-order valence-corrected chi connectivity index (χ0v) is 7.40. The van der Waals surface area contributed by atoms with E-state index in [0.29, 0.717) is 12.2 Å². The first-order chi connectivity index (χ1) is 6.52. The molecule has 0 aromatic carbocycles. The molecule has 1 amide bonds. The molecule has 3 N–H and O–H groups in total. The molecule has 0 radical (unpaired) electrons. The van der Waals surface area contributed by atoms with Crippen molar-refractivity contribution in [2.45, 2.75) is 12.8 Å². The van der Waals surface area contributed by atoms with E-state index in [1.54, 1.807) is 0 Å². The topological polar surface area (TPSA) is 104 Å². The third kappa shape index (κ3) is 8.25. The Balaban J connectivity index is 0.000000249. The van der Waals surface area contributed by atoms with E-state index in [0.717, 1.165) is 19.4 Å². The highest BCUT2D eigenvalue weighted by Crippen LogP contribution is 1.93. The van der Waals surface area contributed by atoms with Crippen LogP contribution in [0.5, 0.6) is 0 Å². The Labute approximate surface area is 80.2 Å². The van der Waals surface area contributed by atoms with Crippen LogP contribution in [0.25, 0.3) is 0 Å². The lowest BCUT2D eigenvalue weighted by atomic mass is 10.4. The second-order valence-electron chi connectivity index (χ2n) is 2.46. The van der Waals surface area contributed by atoms with E-state index in [2.05, 4.69) is 5.32 Å². The summed E-state index contributed by atoms with van der Waals surface area (Å²) in [6, 6.07) is 0. The molecule has 78 valence electrons. The van der Waals surface area contributed by atoms with Gasteiger partial charge in [0.15, 0.2) is 0 Å². The molecule has 0 spiro atoms. The summed E-state index contributed by atoms with van der Waals surface area (Å²) in [6.07, 6.45) is 2.88. The van der Waals surface area contributed by atoms with Crippen LogP contribution < -0.4 is 5.32 Å². The van der Waals surface area contributed by atoms with Gasteiger partial charge in [-0.25, -0.2) is 9.59 Å². The second-order valence-corrected chi connectivity index (χ2v) is 2.46. The second kappa shape index (κ2) is 6.64. The molecule has 6 nitrogen and oxygen atoms in total. The number of hydrogen-bond acceptors (Lipinski definition) is 3. The third-order valence-corrected chi connectivity index (χ3v) is 1.27. The summed E-state index contributed by atoms with van der Waals surface area (Å²) >= 11 is 0. The monoisotopic (exact) mass is 201 g/mol. The maximum atomic E-state index is 10.1. The predicted octanol–water partition coefficient (Wildman–Crippen LogP) is -0.392. The van der Waals surface area contributed by atoms with E-state index in [4.69, 9.17) is 10.2 Å². The summed E-state index contributed by atoms with van der Waals surface area (Å²) < 4.78 is 0. The van der Waals surface area contributed by atoms with Crippen molar-refractivity contribution in [3.05, 3.63) is 12.2 Å². The van der Waals surface area contributed by atoms with Gasteiger partial charge in [0.05, 0.1) is 0 Å². The van der Waals surface area contributed by atoms with Crippen LogP contribution in [0, 0.1) is 0 Å². The molecular formula is C8H11NO5. The van der Waals surface area contributed by atoms with Crippen molar-refractivity contribution in [1.82, 2.24) is 5.32 Å². The van der Waals surface area contributed by atoms with Crippen LogP contribution in [-0.2, 0) is 14.4 Å². The fourth-order valence-electron chi connectivity index (χ4n) is 0.708. The highest BCUT2D eigenvalue weighted by Gasteiger charge is 2.05. The number of carboxylic acid groups (broad SMARTS) is 2. The summed E-state index contributed by atoms with van der Waals surface area (Å²) in [5.74, 6) is -2.31. The first-order valence-corrected chi connectivity index (χ1v) is 3.93. The molecule has 6 heteroatoms. The maximum Gasteiger partial charge on any atom is 0.328 e. The quantitative estimate of drug-likeness (QED) is 0.528. The van der Waals surface area contributed by atoms with Crippen molar-refractivity contribution in [3.63, 3.8) is 0 Å². The molecule has 1 saturated heterocycles. The summed E-state index contributed by atoms with van der Waals surface area (Å²) in [6.45, 7) is 0.888. The van der Waals surface area contributed by atoms with Gasteiger partial charge in [-0.15, -0.1) is 0 Å². The van der Waals surface area contributed by atoms with Crippen molar-refractivity contribution < 1.29 is 24.6 Å². The number of carboxylic acids is 2. The Morgan fingerprint density at radius 1 is 1.21 bits per heavy atom. The minimum Gasteiger partial charge on any atom is -0.478 e. The number of carbonyl (C=O) groups excluding carboxylic acids is 1. The Morgan fingerprint density at radius 2 is 1.71 bits per heavy atom. The average Bonchev–Trinajstić information content (AvgIpc) is 2.53. The van der Waals surface area contributed by atoms with Crippen LogP contribution in [0.3, 0.4) is 0 Å². The summed E-state index contributed by atoms with van der Waals surface area (Å²) in [5, 5.41) is 18.3. The molecule has 0 aliphatic carbocycles. The van der Waals surface area contributed by atoms with Crippen LogP contribution >= 0.6 is 0 Å². The maximum absolute atomic E-state index is 10.1. The van der Waals surface area contributed by atoms with Crippen LogP contribution in [-0.4, -0.2) is 34.6 Å². The zero-order valence-electron chi connectivity index (χ0n) is 7.40. The Morgan fingerprint density at radius 3 is 1.86 bits per heavy atom. The van der Waals surface area contributed by atoms with Gasteiger partial charge in [0.25, 0.3) is 0 Å². The molecule has 0 aromatic rings. The molecule has 14 heavy (non-hydrogen) atoms. The number of rotatable bonds is 2. The molecule has 1 aliphatic rings. The van der Waals surface area contributed by atoms with Crippen molar-refractivity contribution in [2.24, 2.45) is 0 Å². The van der Waals surface area contributed by atoms with Gasteiger partial charge < -0.3 is 15.5 Å². The molecule has 0 unspecified atom stereocenters. The summed E-state index contributed by atoms with van der Waals surface area (Å²) in [5.41, 5.74) is 0. The molecular weight excluding hydrogens is 190 g/mol. The molecule has 0 saturated carbocycles. The van der Waals surface area contributed by atoms with Crippen molar-refractivity contribution in [3.8, 4) is 0 Å². The first-order valence-electron chi connectivity index (χ1n) is 3.93. The van der Waals surface area contributed by atoms with Gasteiger partial charge in [-0.2, -0.15) is 0 Å². The van der Waals surface area contributed by atoms with Gasteiger partial charge in [0.2, 0.25) is 5.91 Å².